The number of rotatable bonds is 7. The lowest BCUT2D eigenvalue weighted by atomic mass is 9.91. The number of imidazole rings is 1. The van der Waals surface area contributed by atoms with Crippen molar-refractivity contribution in [1.82, 2.24) is 19.4 Å². The molecule has 4 rings (SSSR count). The van der Waals surface area contributed by atoms with E-state index in [2.05, 4.69) is 53.5 Å². The Morgan fingerprint density at radius 1 is 1.07 bits per heavy atom. The van der Waals surface area contributed by atoms with Crippen molar-refractivity contribution in [2.45, 2.75) is 33.2 Å². The fourth-order valence-corrected chi connectivity index (χ4v) is 4.24. The fraction of sp³-hybridized carbons (Fsp3) is 0.417. The summed E-state index contributed by atoms with van der Waals surface area (Å²) >= 11 is 0. The number of aromatic nitrogens is 2. The Balaban J connectivity index is 1.27. The Morgan fingerprint density at radius 3 is 2.76 bits per heavy atom. The second-order valence-electron chi connectivity index (χ2n) is 8.16. The third-order valence-corrected chi connectivity index (χ3v) is 6.24. The van der Waals surface area contributed by atoms with Crippen molar-refractivity contribution < 1.29 is 4.79 Å². The van der Waals surface area contributed by atoms with Crippen molar-refractivity contribution in [3.05, 3.63) is 65.0 Å². The highest BCUT2D eigenvalue weighted by Gasteiger charge is 2.25. The standard InChI is InChI=1S/C24H30N4O/c1-18-9-10-21-20(19(18)2)11-14-27(24(21)29)13-6-12-26(3)15-16-28-17-25-22-7-4-5-8-23(22)28/h4-5,7-10,17H,6,11-16H2,1-3H3. The van der Waals surface area contributed by atoms with Gasteiger partial charge in [0.15, 0.2) is 0 Å². The van der Waals surface area contributed by atoms with Gasteiger partial charge >= 0.3 is 0 Å². The SMILES string of the molecule is Cc1ccc2c(c1C)CCN(CCCN(C)CCn1cnc3ccccc31)C2=O. The lowest BCUT2D eigenvalue weighted by Crippen LogP contribution is -2.39. The van der Waals surface area contributed by atoms with Gasteiger partial charge < -0.3 is 14.4 Å². The predicted molar refractivity (Wildman–Crippen MR) is 117 cm³/mol. The average molecular weight is 391 g/mol. The minimum atomic E-state index is 0.196. The number of para-hydroxylation sites is 2. The van der Waals surface area contributed by atoms with Gasteiger partial charge in [-0.1, -0.05) is 18.2 Å². The zero-order chi connectivity index (χ0) is 20.4. The molecule has 3 aromatic rings. The monoisotopic (exact) mass is 390 g/mol. The second kappa shape index (κ2) is 8.37. The van der Waals surface area contributed by atoms with Crippen LogP contribution in [0.5, 0.6) is 0 Å². The summed E-state index contributed by atoms with van der Waals surface area (Å²) in [5.74, 6) is 0.196. The van der Waals surface area contributed by atoms with Crippen LogP contribution in [0.4, 0.5) is 0 Å². The Hall–Kier alpha value is -2.66. The average Bonchev–Trinajstić information content (AvgIpc) is 3.14. The molecular weight excluding hydrogens is 360 g/mol. The highest BCUT2D eigenvalue weighted by Crippen LogP contribution is 2.24. The molecule has 0 saturated heterocycles. The highest BCUT2D eigenvalue weighted by atomic mass is 16.2. The molecule has 0 radical (unpaired) electrons. The summed E-state index contributed by atoms with van der Waals surface area (Å²) in [5.41, 5.74) is 6.93. The zero-order valence-corrected chi connectivity index (χ0v) is 17.7. The summed E-state index contributed by atoms with van der Waals surface area (Å²) in [6.45, 7) is 8.78. The first-order valence-corrected chi connectivity index (χ1v) is 10.5. The predicted octanol–water partition coefficient (Wildman–Crippen LogP) is 3.67. The van der Waals surface area contributed by atoms with Crippen LogP contribution in [0.3, 0.4) is 0 Å². The molecule has 1 aliphatic heterocycles. The first kappa shape index (κ1) is 19.6. The first-order chi connectivity index (χ1) is 14.0. The maximum atomic E-state index is 12.9. The molecule has 0 aliphatic carbocycles. The van der Waals surface area contributed by atoms with Gasteiger partial charge in [0.2, 0.25) is 0 Å². The van der Waals surface area contributed by atoms with Crippen molar-refractivity contribution in [1.29, 1.82) is 0 Å². The molecule has 0 bridgehead atoms. The van der Waals surface area contributed by atoms with E-state index in [1.165, 1.54) is 22.2 Å². The minimum absolute atomic E-state index is 0.196. The molecule has 0 unspecified atom stereocenters. The van der Waals surface area contributed by atoms with E-state index in [1.807, 2.05) is 29.4 Å². The Kier molecular flexibility index (Phi) is 5.67. The summed E-state index contributed by atoms with van der Waals surface area (Å²) < 4.78 is 2.21. The third kappa shape index (κ3) is 4.06. The molecule has 0 saturated carbocycles. The number of fused-ring (bicyclic) bond motifs is 2. The molecular formula is C24H30N4O. The molecule has 2 aromatic carbocycles. The lowest BCUT2D eigenvalue weighted by molar-refractivity contribution is 0.0732. The summed E-state index contributed by atoms with van der Waals surface area (Å²) in [6.07, 6.45) is 3.89. The van der Waals surface area contributed by atoms with Gasteiger partial charge in [-0.2, -0.15) is 0 Å². The molecule has 29 heavy (non-hydrogen) atoms. The van der Waals surface area contributed by atoms with Gasteiger partial charge in [0, 0.05) is 31.7 Å². The van der Waals surface area contributed by atoms with Crippen LogP contribution in [0, 0.1) is 13.8 Å². The fourth-order valence-electron chi connectivity index (χ4n) is 4.24. The number of aryl methyl sites for hydroxylation is 1. The van der Waals surface area contributed by atoms with Crippen LogP contribution in [0.2, 0.25) is 0 Å². The van der Waals surface area contributed by atoms with E-state index in [-0.39, 0.29) is 5.91 Å². The van der Waals surface area contributed by atoms with E-state index in [1.54, 1.807) is 0 Å². The topological polar surface area (TPSA) is 41.4 Å². The maximum absolute atomic E-state index is 12.9. The molecule has 1 aromatic heterocycles. The van der Waals surface area contributed by atoms with Gasteiger partial charge in [-0.05, 0) is 75.2 Å². The van der Waals surface area contributed by atoms with Crippen LogP contribution < -0.4 is 0 Å². The van der Waals surface area contributed by atoms with Gasteiger partial charge in [-0.15, -0.1) is 0 Å². The van der Waals surface area contributed by atoms with E-state index in [0.29, 0.717) is 0 Å². The Labute approximate surface area is 172 Å². The number of nitrogens with zero attached hydrogens (tertiary/aromatic N) is 4. The smallest absolute Gasteiger partial charge is 0.254 e. The van der Waals surface area contributed by atoms with Crippen LogP contribution in [-0.2, 0) is 13.0 Å². The van der Waals surface area contributed by atoms with E-state index in [9.17, 15) is 4.79 Å². The molecule has 152 valence electrons. The minimum Gasteiger partial charge on any atom is -0.338 e. The number of likely N-dealkylation sites (N-methyl/N-ethyl adjacent to an activating group) is 1. The zero-order valence-electron chi connectivity index (χ0n) is 17.7. The Morgan fingerprint density at radius 2 is 1.90 bits per heavy atom. The van der Waals surface area contributed by atoms with Gasteiger partial charge in [-0.25, -0.2) is 4.98 Å². The maximum Gasteiger partial charge on any atom is 0.254 e. The van der Waals surface area contributed by atoms with E-state index < -0.39 is 0 Å². The number of hydrogen-bond donors (Lipinski definition) is 0. The van der Waals surface area contributed by atoms with Crippen molar-refractivity contribution in [2.24, 2.45) is 0 Å². The number of benzene rings is 2. The molecule has 0 N–H and O–H groups in total. The molecule has 0 atom stereocenters. The normalized spacial score (nSPS) is 14.1. The number of carbonyl (C=O) groups is 1. The molecule has 1 amide bonds. The molecule has 0 spiro atoms. The summed E-state index contributed by atoms with van der Waals surface area (Å²) in [5, 5.41) is 0. The lowest BCUT2D eigenvalue weighted by Gasteiger charge is -2.30. The summed E-state index contributed by atoms with van der Waals surface area (Å²) in [7, 11) is 2.15. The van der Waals surface area contributed by atoms with Gasteiger partial charge in [-0.3, -0.25) is 4.79 Å². The van der Waals surface area contributed by atoms with E-state index in [4.69, 9.17) is 0 Å². The van der Waals surface area contributed by atoms with Crippen LogP contribution in [0.1, 0.15) is 33.5 Å². The number of amides is 1. The van der Waals surface area contributed by atoms with Crippen molar-refractivity contribution >= 4 is 16.9 Å². The quantitative estimate of drug-likeness (QED) is 0.618. The highest BCUT2D eigenvalue weighted by molar-refractivity contribution is 5.97. The van der Waals surface area contributed by atoms with Gasteiger partial charge in [0.1, 0.15) is 0 Å². The van der Waals surface area contributed by atoms with Crippen LogP contribution in [0.25, 0.3) is 11.0 Å². The third-order valence-electron chi connectivity index (χ3n) is 6.24. The van der Waals surface area contributed by atoms with E-state index in [0.717, 1.165) is 56.6 Å². The van der Waals surface area contributed by atoms with Gasteiger partial charge in [0.25, 0.3) is 5.91 Å². The summed E-state index contributed by atoms with van der Waals surface area (Å²) in [4.78, 5) is 21.7. The van der Waals surface area contributed by atoms with Crippen molar-refractivity contribution in [2.75, 3.05) is 33.2 Å². The van der Waals surface area contributed by atoms with Crippen LogP contribution in [-0.4, -0.2) is 58.5 Å². The van der Waals surface area contributed by atoms with E-state index >= 15 is 0 Å². The largest absolute Gasteiger partial charge is 0.338 e. The van der Waals surface area contributed by atoms with Crippen LogP contribution in [0.15, 0.2) is 42.7 Å². The molecule has 2 heterocycles. The van der Waals surface area contributed by atoms with Crippen molar-refractivity contribution in [3.8, 4) is 0 Å². The molecule has 5 nitrogen and oxygen atoms in total. The first-order valence-electron chi connectivity index (χ1n) is 10.5. The van der Waals surface area contributed by atoms with Gasteiger partial charge in [0.05, 0.1) is 17.4 Å². The number of hydrogen-bond acceptors (Lipinski definition) is 3. The molecule has 5 heteroatoms. The van der Waals surface area contributed by atoms with Crippen LogP contribution >= 0.6 is 0 Å². The summed E-state index contributed by atoms with van der Waals surface area (Å²) in [6, 6.07) is 12.3. The molecule has 1 aliphatic rings. The Bertz CT molecular complexity index is 1020. The second-order valence-corrected chi connectivity index (χ2v) is 8.16. The number of carbonyl (C=O) groups excluding carboxylic acids is 1. The van der Waals surface area contributed by atoms with Crippen molar-refractivity contribution in [3.63, 3.8) is 0 Å². The molecule has 0 fully saturated rings.